The normalized spacial score (nSPS) is 12.2. The molecule has 0 saturated heterocycles. The number of hydrogen-bond acceptors (Lipinski definition) is 2. The molecule has 0 radical (unpaired) electrons. The molecule has 0 fully saturated rings. The summed E-state index contributed by atoms with van der Waals surface area (Å²) in [4.78, 5) is 10.3. The molecule has 0 aliphatic heterocycles. The van der Waals surface area contributed by atoms with Crippen LogP contribution in [-0.4, -0.2) is 20.9 Å². The fraction of sp³-hybridized carbons (Fsp3) is 0.400. The lowest BCUT2D eigenvalue weighted by Crippen LogP contribution is -2.21. The zero-order valence-electron chi connectivity index (χ0n) is 8.56. The zero-order valence-corrected chi connectivity index (χ0v) is 8.56. The van der Waals surface area contributed by atoms with Crippen LogP contribution >= 0.6 is 0 Å². The summed E-state index contributed by atoms with van der Waals surface area (Å²) in [5.41, 5.74) is 0.720. The molecule has 76 valence electrons. The highest BCUT2D eigenvalue weighted by Gasteiger charge is 2.12. The maximum Gasteiger partial charge on any atom is 0.328 e. The van der Waals surface area contributed by atoms with Crippen LogP contribution in [0.4, 0.5) is 0 Å². The Morgan fingerprint density at radius 1 is 1.57 bits per heavy atom. The van der Waals surface area contributed by atoms with Crippen molar-refractivity contribution in [1.82, 2.24) is 9.78 Å². The highest BCUT2D eigenvalue weighted by atomic mass is 16.4. The fourth-order valence-electron chi connectivity index (χ4n) is 0.957. The van der Waals surface area contributed by atoms with E-state index in [0.29, 0.717) is 0 Å². The average molecular weight is 194 g/mol. The molecule has 0 spiro atoms. The van der Waals surface area contributed by atoms with Crippen molar-refractivity contribution < 1.29 is 9.90 Å². The quantitative estimate of drug-likeness (QED) is 0.729. The molecule has 14 heavy (non-hydrogen) atoms. The predicted octanol–water partition coefficient (Wildman–Crippen LogP) is 1.74. The molecule has 1 heterocycles. The van der Waals surface area contributed by atoms with Gasteiger partial charge in [0.1, 0.15) is 0 Å². The van der Waals surface area contributed by atoms with Crippen molar-refractivity contribution in [3.63, 3.8) is 0 Å². The van der Waals surface area contributed by atoms with Crippen molar-refractivity contribution in [1.29, 1.82) is 0 Å². The summed E-state index contributed by atoms with van der Waals surface area (Å²) in [5.74, 6) is -0.950. The molecule has 0 unspecified atom stereocenters. The van der Waals surface area contributed by atoms with Crippen LogP contribution < -0.4 is 0 Å². The van der Waals surface area contributed by atoms with E-state index in [1.807, 2.05) is 27.0 Å². The van der Waals surface area contributed by atoms with Gasteiger partial charge in [0.25, 0.3) is 0 Å². The molecular formula is C10H14N2O2. The van der Waals surface area contributed by atoms with Crippen LogP contribution in [0.25, 0.3) is 6.08 Å². The molecule has 0 atom stereocenters. The van der Waals surface area contributed by atoms with Crippen molar-refractivity contribution in [2.45, 2.75) is 26.3 Å². The van der Waals surface area contributed by atoms with Crippen LogP contribution in [0.15, 0.2) is 18.5 Å². The first-order valence-electron chi connectivity index (χ1n) is 4.36. The Bertz CT molecular complexity index is 358. The maximum absolute atomic E-state index is 10.3. The number of rotatable bonds is 2. The van der Waals surface area contributed by atoms with Gasteiger partial charge in [0.15, 0.2) is 0 Å². The predicted molar refractivity (Wildman–Crippen MR) is 53.9 cm³/mol. The molecule has 0 amide bonds. The van der Waals surface area contributed by atoms with E-state index >= 15 is 0 Å². The Morgan fingerprint density at radius 2 is 2.21 bits per heavy atom. The molecule has 1 aromatic rings. The minimum Gasteiger partial charge on any atom is -0.478 e. The van der Waals surface area contributed by atoms with E-state index in [4.69, 9.17) is 5.11 Å². The molecule has 0 aliphatic rings. The van der Waals surface area contributed by atoms with Crippen molar-refractivity contribution in [2.75, 3.05) is 0 Å². The number of carboxylic acid groups (broad SMARTS) is 1. The first-order chi connectivity index (χ1) is 6.39. The van der Waals surface area contributed by atoms with E-state index in [9.17, 15) is 4.79 Å². The first kappa shape index (κ1) is 10.5. The molecule has 1 N–H and O–H groups in total. The van der Waals surface area contributed by atoms with Crippen molar-refractivity contribution in [3.05, 3.63) is 24.0 Å². The third-order valence-electron chi connectivity index (χ3n) is 1.71. The van der Waals surface area contributed by atoms with Gasteiger partial charge in [0, 0.05) is 17.8 Å². The Hall–Kier alpha value is -1.58. The van der Waals surface area contributed by atoms with E-state index in [1.165, 1.54) is 6.08 Å². The van der Waals surface area contributed by atoms with Crippen molar-refractivity contribution in [2.24, 2.45) is 0 Å². The molecule has 1 rings (SSSR count). The average Bonchev–Trinajstić information content (AvgIpc) is 2.47. The zero-order chi connectivity index (χ0) is 10.8. The second-order valence-electron chi connectivity index (χ2n) is 4.06. The van der Waals surface area contributed by atoms with Crippen LogP contribution in [0, 0.1) is 0 Å². The molecule has 0 aliphatic carbocycles. The van der Waals surface area contributed by atoms with Crippen LogP contribution in [-0.2, 0) is 10.3 Å². The Balaban J connectivity index is 2.84. The summed E-state index contributed by atoms with van der Waals surface area (Å²) >= 11 is 0. The maximum atomic E-state index is 10.3. The van der Waals surface area contributed by atoms with Gasteiger partial charge in [-0.05, 0) is 26.8 Å². The highest BCUT2D eigenvalue weighted by molar-refractivity contribution is 5.85. The number of carboxylic acids is 1. The van der Waals surface area contributed by atoms with Gasteiger partial charge < -0.3 is 5.11 Å². The lowest BCUT2D eigenvalue weighted by molar-refractivity contribution is -0.131. The Kier molecular flexibility index (Phi) is 2.74. The van der Waals surface area contributed by atoms with Crippen LogP contribution in [0.5, 0.6) is 0 Å². The van der Waals surface area contributed by atoms with Gasteiger partial charge in [-0.2, -0.15) is 5.10 Å². The van der Waals surface area contributed by atoms with Crippen molar-refractivity contribution >= 4 is 12.0 Å². The van der Waals surface area contributed by atoms with Gasteiger partial charge >= 0.3 is 5.97 Å². The van der Waals surface area contributed by atoms with Crippen LogP contribution in [0.3, 0.4) is 0 Å². The molecule has 0 aromatic carbocycles. The smallest absolute Gasteiger partial charge is 0.328 e. The summed E-state index contributed by atoms with van der Waals surface area (Å²) < 4.78 is 1.80. The number of hydrogen-bond donors (Lipinski definition) is 1. The third kappa shape index (κ3) is 2.73. The van der Waals surface area contributed by atoms with E-state index < -0.39 is 5.97 Å². The van der Waals surface area contributed by atoms with E-state index in [0.717, 1.165) is 11.6 Å². The highest BCUT2D eigenvalue weighted by Crippen LogP contribution is 2.13. The van der Waals surface area contributed by atoms with Crippen LogP contribution in [0.1, 0.15) is 26.3 Å². The van der Waals surface area contributed by atoms with E-state index in [-0.39, 0.29) is 5.54 Å². The van der Waals surface area contributed by atoms with Gasteiger partial charge in [0.2, 0.25) is 0 Å². The minimum absolute atomic E-state index is 0.0741. The Morgan fingerprint density at radius 3 is 2.64 bits per heavy atom. The molecule has 1 aromatic heterocycles. The fourth-order valence-corrected chi connectivity index (χ4v) is 0.957. The van der Waals surface area contributed by atoms with Crippen LogP contribution in [0.2, 0.25) is 0 Å². The van der Waals surface area contributed by atoms with Gasteiger partial charge in [-0.25, -0.2) is 4.79 Å². The number of aromatic nitrogens is 2. The standard InChI is InChI=1S/C10H14N2O2/c1-10(2,3)12-7-8(6-11-12)4-5-9(13)14/h4-7H,1-3H3,(H,13,14). The molecular weight excluding hydrogens is 180 g/mol. The second-order valence-corrected chi connectivity index (χ2v) is 4.06. The molecule has 0 bridgehead atoms. The summed E-state index contributed by atoms with van der Waals surface area (Å²) in [7, 11) is 0. The number of nitrogens with zero attached hydrogens (tertiary/aromatic N) is 2. The van der Waals surface area contributed by atoms with Crippen molar-refractivity contribution in [3.8, 4) is 0 Å². The summed E-state index contributed by atoms with van der Waals surface area (Å²) in [6.45, 7) is 6.10. The minimum atomic E-state index is -0.950. The summed E-state index contributed by atoms with van der Waals surface area (Å²) in [6, 6.07) is 0. The summed E-state index contributed by atoms with van der Waals surface area (Å²) in [5, 5.41) is 12.6. The number of carbonyl (C=O) groups is 1. The van der Waals surface area contributed by atoms with E-state index in [2.05, 4.69) is 5.10 Å². The van der Waals surface area contributed by atoms with Gasteiger partial charge in [0.05, 0.1) is 11.7 Å². The molecule has 4 nitrogen and oxygen atoms in total. The second kappa shape index (κ2) is 3.65. The van der Waals surface area contributed by atoms with Gasteiger partial charge in [-0.3, -0.25) is 4.68 Å². The summed E-state index contributed by atoms with van der Waals surface area (Å²) in [6.07, 6.45) is 6.09. The molecule has 0 saturated carbocycles. The molecule has 4 heteroatoms. The monoisotopic (exact) mass is 194 g/mol. The topological polar surface area (TPSA) is 55.1 Å². The lowest BCUT2D eigenvalue weighted by atomic mass is 10.1. The number of aliphatic carboxylic acids is 1. The van der Waals surface area contributed by atoms with E-state index in [1.54, 1.807) is 10.9 Å². The first-order valence-corrected chi connectivity index (χ1v) is 4.36. The van der Waals surface area contributed by atoms with Gasteiger partial charge in [-0.1, -0.05) is 0 Å². The largest absolute Gasteiger partial charge is 0.478 e. The lowest BCUT2D eigenvalue weighted by Gasteiger charge is -2.18. The van der Waals surface area contributed by atoms with Gasteiger partial charge in [-0.15, -0.1) is 0 Å². The Labute approximate surface area is 82.9 Å². The third-order valence-corrected chi connectivity index (χ3v) is 1.71. The SMILES string of the molecule is CC(C)(C)n1cc(C=CC(=O)O)cn1.